The number of benzene rings is 2. The van der Waals surface area contributed by atoms with Crippen LogP contribution in [-0.2, 0) is 31.5 Å². The van der Waals surface area contributed by atoms with Crippen molar-refractivity contribution in [3.8, 4) is 0 Å². The second-order valence-corrected chi connectivity index (χ2v) is 12.2. The van der Waals surface area contributed by atoms with Crippen LogP contribution in [0.5, 0.6) is 0 Å². The lowest BCUT2D eigenvalue weighted by molar-refractivity contribution is -0.392. The summed E-state index contributed by atoms with van der Waals surface area (Å²) in [4.78, 5) is 3.88. The number of halogens is 7. The van der Waals surface area contributed by atoms with Crippen molar-refractivity contribution in [2.75, 3.05) is 0 Å². The molecule has 1 heterocycles. The summed E-state index contributed by atoms with van der Waals surface area (Å²) in [5.74, 6) is -0.656. The van der Waals surface area contributed by atoms with Crippen molar-refractivity contribution in [3.05, 3.63) is 94.6 Å². The molecule has 3 aromatic rings. The van der Waals surface area contributed by atoms with Gasteiger partial charge in [-0.3, -0.25) is 4.98 Å². The van der Waals surface area contributed by atoms with Gasteiger partial charge < -0.3 is 4.74 Å². The van der Waals surface area contributed by atoms with E-state index in [1.165, 1.54) is 19.1 Å². The van der Waals surface area contributed by atoms with Crippen molar-refractivity contribution >= 4 is 9.84 Å². The van der Waals surface area contributed by atoms with Crippen LogP contribution in [0, 0.1) is 19.7 Å². The van der Waals surface area contributed by atoms with Gasteiger partial charge in [-0.25, -0.2) is 12.8 Å². The molecule has 1 aliphatic carbocycles. The topological polar surface area (TPSA) is 56.3 Å². The first-order valence-corrected chi connectivity index (χ1v) is 13.9. The monoisotopic (exact) mass is 589 g/mol. The Morgan fingerprint density at radius 3 is 1.88 bits per heavy atom. The predicted octanol–water partition coefficient (Wildman–Crippen LogP) is 7.62. The highest BCUT2D eigenvalue weighted by molar-refractivity contribution is 7.92. The number of alkyl halides is 6. The van der Waals surface area contributed by atoms with Crippen molar-refractivity contribution in [2.45, 2.75) is 73.7 Å². The van der Waals surface area contributed by atoms with Crippen LogP contribution in [0.3, 0.4) is 0 Å². The van der Waals surface area contributed by atoms with Crippen molar-refractivity contribution in [1.82, 2.24) is 4.98 Å². The summed E-state index contributed by atoms with van der Waals surface area (Å²) in [6.07, 6.45) is -10.7. The number of hydrogen-bond acceptors (Lipinski definition) is 4. The lowest BCUT2D eigenvalue weighted by Gasteiger charge is -2.38. The van der Waals surface area contributed by atoms with Gasteiger partial charge in [0.1, 0.15) is 10.6 Å². The van der Waals surface area contributed by atoms with Crippen LogP contribution in [0.1, 0.15) is 53.8 Å². The van der Waals surface area contributed by atoms with Gasteiger partial charge in [0, 0.05) is 17.0 Å². The molecule has 1 aliphatic rings. The van der Waals surface area contributed by atoms with E-state index in [4.69, 9.17) is 4.74 Å². The number of sulfone groups is 1. The molecule has 0 bridgehead atoms. The van der Waals surface area contributed by atoms with E-state index < -0.39 is 50.5 Å². The zero-order valence-corrected chi connectivity index (χ0v) is 22.4. The predicted molar refractivity (Wildman–Crippen MR) is 132 cm³/mol. The van der Waals surface area contributed by atoms with Crippen LogP contribution in [0.2, 0.25) is 0 Å². The quantitative estimate of drug-likeness (QED) is 0.210. The van der Waals surface area contributed by atoms with E-state index in [9.17, 15) is 39.2 Å². The minimum absolute atomic E-state index is 0.0508. The van der Waals surface area contributed by atoms with Gasteiger partial charge in [-0.05, 0) is 68.1 Å². The van der Waals surface area contributed by atoms with Crippen molar-refractivity contribution < 1.29 is 43.9 Å². The highest BCUT2D eigenvalue weighted by Gasteiger charge is 2.73. The first-order chi connectivity index (χ1) is 18.5. The van der Waals surface area contributed by atoms with Crippen LogP contribution in [0.25, 0.3) is 0 Å². The molecule has 1 fully saturated rings. The van der Waals surface area contributed by atoms with Crippen molar-refractivity contribution in [2.24, 2.45) is 0 Å². The molecule has 0 radical (unpaired) electrons. The van der Waals surface area contributed by atoms with Gasteiger partial charge in [0.25, 0.3) is 5.60 Å². The molecule has 40 heavy (non-hydrogen) atoms. The molecule has 216 valence electrons. The summed E-state index contributed by atoms with van der Waals surface area (Å²) in [5, 5.41) is 0. The number of pyridine rings is 1. The van der Waals surface area contributed by atoms with Crippen molar-refractivity contribution in [1.29, 1.82) is 0 Å². The zero-order valence-electron chi connectivity index (χ0n) is 21.5. The molecule has 0 N–H and O–H groups in total. The number of rotatable bonds is 7. The summed E-state index contributed by atoms with van der Waals surface area (Å²) in [5.41, 5.74) is -5.06. The lowest BCUT2D eigenvalue weighted by Crippen LogP contribution is -2.55. The number of hydrogen-bond donors (Lipinski definition) is 0. The van der Waals surface area contributed by atoms with Crippen LogP contribution >= 0.6 is 0 Å². The summed E-state index contributed by atoms with van der Waals surface area (Å²) < 4.78 is 130. The van der Waals surface area contributed by atoms with Crippen LogP contribution in [0.4, 0.5) is 30.7 Å². The molecular formula is C28H26F7NO3S. The Morgan fingerprint density at radius 2 is 1.38 bits per heavy atom. The number of aromatic nitrogens is 1. The van der Waals surface area contributed by atoms with E-state index in [1.807, 2.05) is 0 Å². The molecule has 0 spiro atoms. The van der Waals surface area contributed by atoms with Gasteiger partial charge in [-0.2, -0.15) is 26.3 Å². The highest BCUT2D eigenvalue weighted by atomic mass is 32.2. The normalized spacial score (nSPS) is 16.3. The third kappa shape index (κ3) is 5.00. The van der Waals surface area contributed by atoms with E-state index >= 15 is 0 Å². The minimum atomic E-state index is -5.91. The van der Waals surface area contributed by atoms with E-state index in [0.29, 0.717) is 30.7 Å². The summed E-state index contributed by atoms with van der Waals surface area (Å²) in [6, 6.07) is 10.1. The maximum atomic E-state index is 14.4. The maximum absolute atomic E-state index is 14.4. The maximum Gasteiger partial charge on any atom is 0.430 e. The SMILES string of the molecule is Cc1ccc(COC(c2ccc(C3(S(=O)(=O)c4ccc(F)cc4)CCCC3)cc2)(C(F)(F)F)C(F)(F)F)c(C)n1. The Bertz CT molecular complexity index is 1450. The summed E-state index contributed by atoms with van der Waals surface area (Å²) >= 11 is 0. The molecule has 0 amide bonds. The Morgan fingerprint density at radius 1 is 0.825 bits per heavy atom. The lowest BCUT2D eigenvalue weighted by atomic mass is 9.88. The van der Waals surface area contributed by atoms with Gasteiger partial charge in [0.15, 0.2) is 9.84 Å². The highest BCUT2D eigenvalue weighted by Crippen LogP contribution is 2.54. The van der Waals surface area contributed by atoms with Gasteiger partial charge in [-0.1, -0.05) is 43.2 Å². The molecular weight excluding hydrogens is 563 g/mol. The fraction of sp³-hybridized carbons (Fsp3) is 0.393. The van der Waals surface area contributed by atoms with Gasteiger partial charge >= 0.3 is 12.4 Å². The fourth-order valence-corrected chi connectivity index (χ4v) is 7.51. The van der Waals surface area contributed by atoms with Gasteiger partial charge in [-0.15, -0.1) is 0 Å². The number of ether oxygens (including phenoxy) is 1. The van der Waals surface area contributed by atoms with E-state index in [-0.39, 0.29) is 34.6 Å². The Hall–Kier alpha value is -2.99. The number of nitrogens with zero attached hydrogens (tertiary/aromatic N) is 1. The zero-order chi connectivity index (χ0) is 29.6. The second-order valence-electron chi connectivity index (χ2n) is 9.90. The average molecular weight is 590 g/mol. The molecule has 4 rings (SSSR count). The Kier molecular flexibility index (Phi) is 7.83. The third-order valence-corrected chi connectivity index (χ3v) is 10.0. The summed E-state index contributed by atoms with van der Waals surface area (Å²) in [6.45, 7) is 2.05. The average Bonchev–Trinajstić information content (AvgIpc) is 3.36. The smallest absolute Gasteiger partial charge is 0.349 e. The van der Waals surface area contributed by atoms with Crippen LogP contribution in [-0.4, -0.2) is 25.8 Å². The third-order valence-electron chi connectivity index (χ3n) is 7.44. The van der Waals surface area contributed by atoms with E-state index in [2.05, 4.69) is 4.98 Å². The van der Waals surface area contributed by atoms with Crippen molar-refractivity contribution in [3.63, 3.8) is 0 Å². The molecule has 0 saturated heterocycles. The Labute approximate surface area is 227 Å². The molecule has 4 nitrogen and oxygen atoms in total. The minimum Gasteiger partial charge on any atom is -0.349 e. The summed E-state index contributed by atoms with van der Waals surface area (Å²) in [7, 11) is -4.18. The van der Waals surface area contributed by atoms with Crippen LogP contribution < -0.4 is 0 Å². The molecule has 1 saturated carbocycles. The van der Waals surface area contributed by atoms with Gasteiger partial charge in [0.2, 0.25) is 0 Å². The molecule has 0 atom stereocenters. The van der Waals surface area contributed by atoms with Crippen LogP contribution in [0.15, 0.2) is 65.6 Å². The molecule has 12 heteroatoms. The van der Waals surface area contributed by atoms with E-state index in [0.717, 1.165) is 36.4 Å². The largest absolute Gasteiger partial charge is 0.430 e. The number of aryl methyl sites for hydroxylation is 2. The molecule has 2 aromatic carbocycles. The standard InChI is InChI=1S/C28H26F7NO3S/c1-18-5-6-20(19(2)36-18)17-39-26(27(30,31)32,28(33,34)35)22-9-7-21(8-10-22)25(15-3-4-16-25)40(37,38)24-13-11-23(29)12-14-24/h5-14H,3-4,15-17H2,1-2H3. The first-order valence-electron chi connectivity index (χ1n) is 12.4. The Balaban J connectivity index is 1.80. The first kappa shape index (κ1) is 30.0. The second kappa shape index (κ2) is 10.4. The van der Waals surface area contributed by atoms with E-state index in [1.54, 1.807) is 6.92 Å². The fourth-order valence-electron chi connectivity index (χ4n) is 5.30. The molecule has 0 unspecified atom stereocenters. The molecule has 0 aliphatic heterocycles. The van der Waals surface area contributed by atoms with Gasteiger partial charge in [0.05, 0.1) is 11.5 Å². The molecule has 1 aromatic heterocycles.